The van der Waals surface area contributed by atoms with Gasteiger partial charge in [0.05, 0.1) is 7.11 Å². The van der Waals surface area contributed by atoms with Gasteiger partial charge >= 0.3 is 0 Å². The van der Waals surface area contributed by atoms with Gasteiger partial charge in [-0.15, -0.1) is 10.2 Å². The maximum Gasteiger partial charge on any atom is 0.244 e. The first-order chi connectivity index (χ1) is 7.70. The molecule has 1 aromatic heterocycles. The molecule has 0 aliphatic heterocycles. The normalized spacial score (nSPS) is 10.2. The molecule has 0 saturated heterocycles. The van der Waals surface area contributed by atoms with E-state index in [1.165, 1.54) is 0 Å². The molecule has 1 heterocycles. The highest BCUT2D eigenvalue weighted by molar-refractivity contribution is 6.30. The largest absolute Gasteiger partial charge is 0.479 e. The molecule has 0 saturated carbocycles. The van der Waals surface area contributed by atoms with Crippen LogP contribution in [0.4, 0.5) is 0 Å². The third kappa shape index (κ3) is 2.12. The summed E-state index contributed by atoms with van der Waals surface area (Å²) < 4.78 is 5.16. The lowest BCUT2D eigenvalue weighted by molar-refractivity contribution is 0.394. The van der Waals surface area contributed by atoms with Crippen LogP contribution < -0.4 is 4.74 Å². The standard InChI is InChI=1S/C11H10ClN3O/c1-7-13-11(16-2)10(15-14-7)8-3-5-9(12)6-4-8/h3-6H,1-2H3. The molecule has 0 aliphatic rings. The maximum absolute atomic E-state index is 5.82. The number of halogens is 1. The van der Waals surface area contributed by atoms with Crippen molar-refractivity contribution in [2.45, 2.75) is 6.92 Å². The van der Waals surface area contributed by atoms with E-state index in [1.54, 1.807) is 26.2 Å². The lowest BCUT2D eigenvalue weighted by Crippen LogP contribution is -1.99. The van der Waals surface area contributed by atoms with E-state index in [4.69, 9.17) is 16.3 Å². The van der Waals surface area contributed by atoms with Gasteiger partial charge in [0.25, 0.3) is 0 Å². The Kier molecular flexibility index (Phi) is 3.01. The molecular formula is C11H10ClN3O. The van der Waals surface area contributed by atoms with Gasteiger partial charge in [-0.05, 0) is 19.1 Å². The van der Waals surface area contributed by atoms with E-state index in [2.05, 4.69) is 15.2 Å². The van der Waals surface area contributed by atoms with Crippen LogP contribution in [-0.2, 0) is 0 Å². The molecule has 0 amide bonds. The van der Waals surface area contributed by atoms with Gasteiger partial charge in [0.15, 0.2) is 11.5 Å². The molecule has 0 N–H and O–H groups in total. The number of ether oxygens (including phenoxy) is 1. The van der Waals surface area contributed by atoms with E-state index in [9.17, 15) is 0 Å². The van der Waals surface area contributed by atoms with Crippen LogP contribution in [0.5, 0.6) is 5.88 Å². The van der Waals surface area contributed by atoms with Crippen molar-refractivity contribution in [1.82, 2.24) is 15.2 Å². The Hall–Kier alpha value is -1.68. The molecule has 0 unspecified atom stereocenters. The molecule has 16 heavy (non-hydrogen) atoms. The van der Waals surface area contributed by atoms with E-state index in [0.717, 1.165) is 5.56 Å². The third-order valence-electron chi connectivity index (χ3n) is 2.07. The first kappa shape index (κ1) is 10.8. The zero-order valence-corrected chi connectivity index (χ0v) is 9.69. The fraction of sp³-hybridized carbons (Fsp3) is 0.182. The van der Waals surface area contributed by atoms with Crippen LogP contribution in [0.3, 0.4) is 0 Å². The SMILES string of the molecule is COc1nc(C)nnc1-c1ccc(Cl)cc1. The van der Waals surface area contributed by atoms with Crippen LogP contribution >= 0.6 is 11.6 Å². The van der Waals surface area contributed by atoms with Gasteiger partial charge in [0.1, 0.15) is 0 Å². The van der Waals surface area contributed by atoms with Gasteiger partial charge < -0.3 is 4.74 Å². The number of hydrogen-bond acceptors (Lipinski definition) is 4. The number of nitrogens with zero attached hydrogens (tertiary/aromatic N) is 3. The van der Waals surface area contributed by atoms with Crippen LogP contribution in [0.15, 0.2) is 24.3 Å². The van der Waals surface area contributed by atoms with Crippen molar-refractivity contribution in [3.8, 4) is 17.1 Å². The first-order valence-electron chi connectivity index (χ1n) is 4.72. The van der Waals surface area contributed by atoms with Crippen molar-refractivity contribution in [3.05, 3.63) is 35.1 Å². The van der Waals surface area contributed by atoms with Crippen molar-refractivity contribution in [3.63, 3.8) is 0 Å². The van der Waals surface area contributed by atoms with Gasteiger partial charge in [0, 0.05) is 10.6 Å². The molecule has 5 heteroatoms. The summed E-state index contributed by atoms with van der Waals surface area (Å²) in [5, 5.41) is 8.66. The van der Waals surface area contributed by atoms with Crippen LogP contribution in [-0.4, -0.2) is 22.3 Å². The van der Waals surface area contributed by atoms with Crippen molar-refractivity contribution >= 4 is 11.6 Å². The zero-order chi connectivity index (χ0) is 11.5. The minimum absolute atomic E-state index is 0.467. The Labute approximate surface area is 98.3 Å². The molecule has 4 nitrogen and oxygen atoms in total. The summed E-state index contributed by atoms with van der Waals surface area (Å²) in [4.78, 5) is 4.16. The Morgan fingerprint density at radius 2 is 1.81 bits per heavy atom. The highest BCUT2D eigenvalue weighted by Crippen LogP contribution is 2.25. The Morgan fingerprint density at radius 1 is 1.12 bits per heavy atom. The van der Waals surface area contributed by atoms with Crippen LogP contribution in [0.2, 0.25) is 5.02 Å². The number of aryl methyl sites for hydroxylation is 1. The van der Waals surface area contributed by atoms with E-state index in [1.807, 2.05) is 12.1 Å². The van der Waals surface area contributed by atoms with Gasteiger partial charge in [-0.25, -0.2) is 0 Å². The summed E-state index contributed by atoms with van der Waals surface area (Å²) in [5.74, 6) is 1.05. The van der Waals surface area contributed by atoms with E-state index in [0.29, 0.717) is 22.4 Å². The Bertz CT molecular complexity index is 499. The van der Waals surface area contributed by atoms with Crippen LogP contribution in [0.25, 0.3) is 11.3 Å². The number of methoxy groups -OCH3 is 1. The maximum atomic E-state index is 5.82. The molecule has 2 rings (SSSR count). The molecule has 1 aromatic carbocycles. The van der Waals surface area contributed by atoms with Crippen LogP contribution in [0.1, 0.15) is 5.82 Å². The van der Waals surface area contributed by atoms with E-state index >= 15 is 0 Å². The monoisotopic (exact) mass is 235 g/mol. The molecular weight excluding hydrogens is 226 g/mol. The lowest BCUT2D eigenvalue weighted by Gasteiger charge is -2.05. The second-order valence-electron chi connectivity index (χ2n) is 3.22. The second kappa shape index (κ2) is 4.45. The minimum atomic E-state index is 0.467. The molecule has 0 aliphatic carbocycles. The minimum Gasteiger partial charge on any atom is -0.479 e. The second-order valence-corrected chi connectivity index (χ2v) is 3.66. The average Bonchev–Trinajstić information content (AvgIpc) is 2.30. The van der Waals surface area contributed by atoms with Gasteiger partial charge in [-0.3, -0.25) is 0 Å². The van der Waals surface area contributed by atoms with Crippen molar-refractivity contribution in [1.29, 1.82) is 0 Å². The summed E-state index contributed by atoms with van der Waals surface area (Å²) in [6.07, 6.45) is 0. The highest BCUT2D eigenvalue weighted by Gasteiger charge is 2.10. The summed E-state index contributed by atoms with van der Waals surface area (Å²) in [5.41, 5.74) is 1.49. The summed E-state index contributed by atoms with van der Waals surface area (Å²) in [6.45, 7) is 1.77. The van der Waals surface area contributed by atoms with Gasteiger partial charge in [-0.1, -0.05) is 23.7 Å². The number of hydrogen-bond donors (Lipinski definition) is 0. The smallest absolute Gasteiger partial charge is 0.244 e. The van der Waals surface area contributed by atoms with Gasteiger partial charge in [-0.2, -0.15) is 4.98 Å². The van der Waals surface area contributed by atoms with E-state index in [-0.39, 0.29) is 0 Å². The molecule has 0 spiro atoms. The number of benzene rings is 1. The predicted octanol–water partition coefficient (Wildman–Crippen LogP) is 2.51. The summed E-state index contributed by atoms with van der Waals surface area (Å²) >= 11 is 5.82. The topological polar surface area (TPSA) is 47.9 Å². The lowest BCUT2D eigenvalue weighted by atomic mass is 10.1. The average molecular weight is 236 g/mol. The van der Waals surface area contributed by atoms with E-state index < -0.39 is 0 Å². The Balaban J connectivity index is 2.51. The molecule has 82 valence electrons. The number of aromatic nitrogens is 3. The molecule has 0 bridgehead atoms. The summed E-state index contributed by atoms with van der Waals surface area (Å²) in [6, 6.07) is 7.29. The fourth-order valence-corrected chi connectivity index (χ4v) is 1.44. The summed E-state index contributed by atoms with van der Waals surface area (Å²) in [7, 11) is 1.56. The highest BCUT2D eigenvalue weighted by atomic mass is 35.5. The fourth-order valence-electron chi connectivity index (χ4n) is 1.32. The zero-order valence-electron chi connectivity index (χ0n) is 8.94. The molecule has 2 aromatic rings. The van der Waals surface area contributed by atoms with Crippen molar-refractivity contribution in [2.24, 2.45) is 0 Å². The van der Waals surface area contributed by atoms with Gasteiger partial charge in [0.2, 0.25) is 5.88 Å². The predicted molar refractivity (Wildman–Crippen MR) is 61.6 cm³/mol. The molecule has 0 radical (unpaired) electrons. The number of rotatable bonds is 2. The first-order valence-corrected chi connectivity index (χ1v) is 5.10. The quantitative estimate of drug-likeness (QED) is 0.803. The third-order valence-corrected chi connectivity index (χ3v) is 2.32. The molecule has 0 atom stereocenters. The van der Waals surface area contributed by atoms with Crippen LogP contribution in [0, 0.1) is 6.92 Å². The van der Waals surface area contributed by atoms with Crippen molar-refractivity contribution in [2.75, 3.05) is 7.11 Å². The molecule has 0 fully saturated rings. The Morgan fingerprint density at radius 3 is 2.44 bits per heavy atom. The van der Waals surface area contributed by atoms with Crippen molar-refractivity contribution < 1.29 is 4.74 Å².